The Bertz CT molecular complexity index is 903. The Labute approximate surface area is 130 Å². The van der Waals surface area contributed by atoms with Gasteiger partial charge in [-0.25, -0.2) is 14.2 Å². The predicted octanol–water partition coefficient (Wildman–Crippen LogP) is 3.05. The molecule has 0 unspecified atom stereocenters. The number of anilines is 1. The van der Waals surface area contributed by atoms with Gasteiger partial charge in [0.1, 0.15) is 5.82 Å². The molecule has 2 N–H and O–H groups in total. The number of aromatic nitrogens is 2. The van der Waals surface area contributed by atoms with Gasteiger partial charge in [-0.2, -0.15) is 0 Å². The molecule has 0 radical (unpaired) electrons. The summed E-state index contributed by atoms with van der Waals surface area (Å²) in [7, 11) is 1.37. The van der Waals surface area contributed by atoms with Crippen molar-refractivity contribution in [1.82, 2.24) is 9.97 Å². The number of carboxylic acid groups (broad SMARTS) is 1. The number of imidazole rings is 1. The van der Waals surface area contributed by atoms with Crippen molar-refractivity contribution in [3.05, 3.63) is 59.4 Å². The number of fused-ring (bicyclic) bond motifs is 1. The number of carbonyl (C=O) groups is 2. The van der Waals surface area contributed by atoms with Crippen molar-refractivity contribution < 1.29 is 19.1 Å². The smallest absolute Gasteiger partial charge is 0.413 e. The molecule has 1 heterocycles. The first-order valence-corrected chi connectivity index (χ1v) is 6.72. The van der Waals surface area contributed by atoms with Crippen molar-refractivity contribution in [2.45, 2.75) is 0 Å². The third-order valence-corrected chi connectivity index (χ3v) is 3.44. The van der Waals surface area contributed by atoms with Crippen LogP contribution in [0.2, 0.25) is 0 Å². The molecule has 0 spiro atoms. The Hall–Kier alpha value is -3.22. The number of ketones is 1. The maximum Gasteiger partial charge on any atom is 0.413 e. The van der Waals surface area contributed by atoms with E-state index < -0.39 is 11.9 Å². The summed E-state index contributed by atoms with van der Waals surface area (Å²) < 4.78 is 12.9. The Morgan fingerprint density at radius 2 is 1.78 bits per heavy atom. The number of carbonyl (C=O) groups excluding carboxylic acids is 1. The number of halogens is 1. The molecule has 0 aliphatic rings. The van der Waals surface area contributed by atoms with Crippen LogP contribution in [0.25, 0.3) is 11.0 Å². The molecule has 0 aliphatic heterocycles. The molecule has 3 aromatic rings. The van der Waals surface area contributed by atoms with Crippen LogP contribution in [0.4, 0.5) is 15.1 Å². The van der Waals surface area contributed by atoms with Crippen LogP contribution in [0.3, 0.4) is 0 Å². The van der Waals surface area contributed by atoms with Gasteiger partial charge >= 0.3 is 6.09 Å². The van der Waals surface area contributed by atoms with E-state index in [4.69, 9.17) is 5.11 Å². The van der Waals surface area contributed by atoms with Crippen molar-refractivity contribution in [2.24, 2.45) is 0 Å². The highest BCUT2D eigenvalue weighted by Gasteiger charge is 2.15. The zero-order valence-electron chi connectivity index (χ0n) is 12.1. The zero-order chi connectivity index (χ0) is 16.6. The molecule has 23 heavy (non-hydrogen) atoms. The van der Waals surface area contributed by atoms with E-state index in [1.165, 1.54) is 31.3 Å². The number of benzene rings is 2. The van der Waals surface area contributed by atoms with Crippen molar-refractivity contribution in [1.29, 1.82) is 0 Å². The van der Waals surface area contributed by atoms with Crippen LogP contribution < -0.4 is 4.90 Å². The zero-order valence-corrected chi connectivity index (χ0v) is 12.1. The minimum absolute atomic E-state index is 0.166. The van der Waals surface area contributed by atoms with Gasteiger partial charge in [0.05, 0.1) is 11.0 Å². The van der Waals surface area contributed by atoms with Gasteiger partial charge in [0, 0.05) is 18.2 Å². The van der Waals surface area contributed by atoms with Crippen molar-refractivity contribution in [3.63, 3.8) is 0 Å². The topological polar surface area (TPSA) is 86.3 Å². The van der Waals surface area contributed by atoms with Crippen molar-refractivity contribution in [3.8, 4) is 0 Å². The first-order chi connectivity index (χ1) is 11.0. The fourth-order valence-corrected chi connectivity index (χ4v) is 2.15. The second-order valence-corrected chi connectivity index (χ2v) is 4.97. The molecule has 6 nitrogen and oxygen atoms in total. The van der Waals surface area contributed by atoms with Gasteiger partial charge in [-0.1, -0.05) is 0 Å². The first-order valence-electron chi connectivity index (χ1n) is 6.72. The van der Waals surface area contributed by atoms with E-state index in [0.717, 1.165) is 4.90 Å². The van der Waals surface area contributed by atoms with Crippen LogP contribution in [-0.2, 0) is 0 Å². The summed E-state index contributed by atoms with van der Waals surface area (Å²) in [6.07, 6.45) is -1.15. The highest BCUT2D eigenvalue weighted by atomic mass is 19.1. The maximum absolute atomic E-state index is 12.9. The lowest BCUT2D eigenvalue weighted by Crippen LogP contribution is -2.24. The predicted molar refractivity (Wildman–Crippen MR) is 82.4 cm³/mol. The summed E-state index contributed by atoms with van der Waals surface area (Å²) in [4.78, 5) is 31.3. The quantitative estimate of drug-likeness (QED) is 0.728. The van der Waals surface area contributed by atoms with E-state index in [1.54, 1.807) is 18.2 Å². The second kappa shape index (κ2) is 5.53. The van der Waals surface area contributed by atoms with E-state index in [-0.39, 0.29) is 11.7 Å². The lowest BCUT2D eigenvalue weighted by molar-refractivity contribution is 0.103. The molecular weight excluding hydrogens is 301 g/mol. The molecule has 0 atom stereocenters. The molecule has 0 saturated heterocycles. The molecule has 0 bridgehead atoms. The molecule has 2 aromatic carbocycles. The molecular formula is C16H12FN3O3. The lowest BCUT2D eigenvalue weighted by atomic mass is 10.0. The fraction of sp³-hybridized carbons (Fsp3) is 0.0625. The second-order valence-electron chi connectivity index (χ2n) is 4.97. The SMILES string of the molecule is CN(C(=O)O)c1nc2ccc(C(=O)c3ccc(F)cc3)cc2[nH]1. The number of hydrogen-bond acceptors (Lipinski definition) is 3. The highest BCUT2D eigenvalue weighted by Crippen LogP contribution is 2.20. The molecule has 116 valence electrons. The molecule has 0 fully saturated rings. The summed E-state index contributed by atoms with van der Waals surface area (Å²) >= 11 is 0. The Morgan fingerprint density at radius 1 is 1.13 bits per heavy atom. The van der Waals surface area contributed by atoms with Gasteiger partial charge in [-0.15, -0.1) is 0 Å². The Kier molecular flexibility index (Phi) is 3.53. The number of aromatic amines is 1. The molecule has 1 aromatic heterocycles. The molecule has 0 saturated carbocycles. The fourth-order valence-electron chi connectivity index (χ4n) is 2.15. The number of amides is 1. The molecule has 0 aliphatic carbocycles. The maximum atomic E-state index is 12.9. The molecule has 1 amide bonds. The molecule has 7 heteroatoms. The summed E-state index contributed by atoms with van der Waals surface area (Å²) in [5, 5.41) is 8.96. The van der Waals surface area contributed by atoms with Crippen LogP contribution in [0.1, 0.15) is 15.9 Å². The van der Waals surface area contributed by atoms with Gasteiger partial charge in [0.15, 0.2) is 5.78 Å². The normalized spacial score (nSPS) is 10.7. The summed E-state index contributed by atoms with van der Waals surface area (Å²) in [5.41, 5.74) is 1.86. The highest BCUT2D eigenvalue weighted by molar-refractivity contribution is 6.10. The number of rotatable bonds is 3. The van der Waals surface area contributed by atoms with E-state index in [1.807, 2.05) is 0 Å². The van der Waals surface area contributed by atoms with E-state index >= 15 is 0 Å². The third-order valence-electron chi connectivity index (χ3n) is 3.44. The van der Waals surface area contributed by atoms with Gasteiger partial charge in [0.2, 0.25) is 5.95 Å². The number of nitrogens with one attached hydrogen (secondary N) is 1. The van der Waals surface area contributed by atoms with Gasteiger partial charge < -0.3 is 10.1 Å². The molecule has 3 rings (SSSR count). The summed E-state index contributed by atoms with van der Waals surface area (Å²) in [6.45, 7) is 0. The standard InChI is InChI=1S/C16H12FN3O3/c1-20(16(22)23)15-18-12-7-4-10(8-13(12)19-15)14(21)9-2-5-11(17)6-3-9/h2-8H,1H3,(H,18,19)(H,22,23). The first kappa shape index (κ1) is 14.7. The van der Waals surface area contributed by atoms with Gasteiger partial charge in [-0.3, -0.25) is 9.69 Å². The van der Waals surface area contributed by atoms with E-state index in [9.17, 15) is 14.0 Å². The minimum atomic E-state index is -1.15. The number of H-pyrrole nitrogens is 1. The van der Waals surface area contributed by atoms with Crippen LogP contribution in [0.5, 0.6) is 0 Å². The van der Waals surface area contributed by atoms with Crippen LogP contribution in [0, 0.1) is 5.82 Å². The average Bonchev–Trinajstić information content (AvgIpc) is 2.97. The largest absolute Gasteiger partial charge is 0.465 e. The van der Waals surface area contributed by atoms with Crippen molar-refractivity contribution in [2.75, 3.05) is 11.9 Å². The monoisotopic (exact) mass is 313 g/mol. The van der Waals surface area contributed by atoms with E-state index in [2.05, 4.69) is 9.97 Å². The third kappa shape index (κ3) is 2.76. The Morgan fingerprint density at radius 3 is 2.43 bits per heavy atom. The van der Waals surface area contributed by atoms with E-state index in [0.29, 0.717) is 22.2 Å². The average molecular weight is 313 g/mol. The minimum Gasteiger partial charge on any atom is -0.465 e. The lowest BCUT2D eigenvalue weighted by Gasteiger charge is -2.07. The summed E-state index contributed by atoms with van der Waals surface area (Å²) in [5.74, 6) is -0.500. The summed E-state index contributed by atoms with van der Waals surface area (Å²) in [6, 6.07) is 10.1. The number of hydrogen-bond donors (Lipinski definition) is 2. The Balaban J connectivity index is 1.98. The van der Waals surface area contributed by atoms with Gasteiger partial charge in [0.25, 0.3) is 0 Å². The van der Waals surface area contributed by atoms with Crippen LogP contribution >= 0.6 is 0 Å². The van der Waals surface area contributed by atoms with Crippen LogP contribution in [0.15, 0.2) is 42.5 Å². The number of nitrogens with zero attached hydrogens (tertiary/aromatic N) is 2. The van der Waals surface area contributed by atoms with Crippen molar-refractivity contribution >= 4 is 28.9 Å². The van der Waals surface area contributed by atoms with Crippen LogP contribution in [-0.4, -0.2) is 34.0 Å². The van der Waals surface area contributed by atoms with Gasteiger partial charge in [-0.05, 0) is 42.5 Å².